The molecule has 11 nitrogen and oxygen atoms in total. The summed E-state index contributed by atoms with van der Waals surface area (Å²) in [5.74, 6) is -4.29. The fourth-order valence-electron chi connectivity index (χ4n) is 3.38. The lowest BCUT2D eigenvalue weighted by Crippen LogP contribution is -2.28. The molecule has 1 unspecified atom stereocenters. The van der Waals surface area contributed by atoms with Gasteiger partial charge in [0.25, 0.3) is 0 Å². The fourth-order valence-corrected chi connectivity index (χ4v) is 4.20. The quantitative estimate of drug-likeness (QED) is 0.358. The Morgan fingerprint density at radius 2 is 1.62 bits per heavy atom. The third-order valence-electron chi connectivity index (χ3n) is 5.24. The molecule has 3 N–H and O–H groups in total. The van der Waals surface area contributed by atoms with E-state index in [2.05, 4.69) is 47.9 Å². The first-order valence-electron chi connectivity index (χ1n) is 11.4. The first kappa shape index (κ1) is 32.4. The van der Waals surface area contributed by atoms with E-state index in [4.69, 9.17) is 19.8 Å². The van der Waals surface area contributed by atoms with Crippen LogP contribution < -0.4 is 5.32 Å². The Labute approximate surface area is 227 Å². The van der Waals surface area contributed by atoms with Crippen LogP contribution in [0.3, 0.4) is 0 Å². The maximum atomic E-state index is 10.6. The summed E-state index contributed by atoms with van der Waals surface area (Å²) in [4.78, 5) is 34.5. The van der Waals surface area contributed by atoms with Crippen LogP contribution in [0.2, 0.25) is 0 Å². The molecular formula is C22H25F6N7O4S. The van der Waals surface area contributed by atoms with Gasteiger partial charge in [-0.05, 0) is 31.4 Å². The average Bonchev–Trinajstić information content (AvgIpc) is 3.43. The minimum absolute atomic E-state index is 0.528. The molecule has 0 aliphatic carbocycles. The number of aromatic nitrogens is 5. The minimum Gasteiger partial charge on any atom is -0.475 e. The number of hydrogen-bond donors (Lipinski definition) is 3. The highest BCUT2D eigenvalue weighted by molar-refractivity contribution is 7.09. The molecule has 0 saturated heterocycles. The van der Waals surface area contributed by atoms with Crippen molar-refractivity contribution < 1.29 is 46.1 Å². The number of carboxylic acids is 2. The number of hydrogen-bond acceptors (Lipinski definition) is 9. The van der Waals surface area contributed by atoms with Gasteiger partial charge in [0.15, 0.2) is 0 Å². The van der Waals surface area contributed by atoms with Gasteiger partial charge < -0.3 is 15.5 Å². The molecule has 0 saturated carbocycles. The Hall–Kier alpha value is -3.80. The van der Waals surface area contributed by atoms with Gasteiger partial charge in [-0.15, -0.1) is 11.3 Å². The number of fused-ring (bicyclic) bond motifs is 1. The Morgan fingerprint density at radius 3 is 2.15 bits per heavy atom. The first-order valence-corrected chi connectivity index (χ1v) is 12.3. The molecule has 0 bridgehead atoms. The highest BCUT2D eigenvalue weighted by Crippen LogP contribution is 2.22. The Bertz CT molecular complexity index is 1200. The van der Waals surface area contributed by atoms with E-state index in [9.17, 15) is 26.3 Å². The molecule has 40 heavy (non-hydrogen) atoms. The van der Waals surface area contributed by atoms with Gasteiger partial charge in [0.1, 0.15) is 0 Å². The summed E-state index contributed by atoms with van der Waals surface area (Å²) in [7, 11) is 0. The van der Waals surface area contributed by atoms with Crippen molar-refractivity contribution in [1.82, 2.24) is 29.6 Å². The van der Waals surface area contributed by atoms with Crippen molar-refractivity contribution in [1.29, 1.82) is 0 Å². The van der Waals surface area contributed by atoms with Crippen LogP contribution in [-0.4, -0.2) is 77.2 Å². The summed E-state index contributed by atoms with van der Waals surface area (Å²) >= 11 is 1.75. The lowest BCUT2D eigenvalue weighted by atomic mass is 10.1. The van der Waals surface area contributed by atoms with E-state index in [1.807, 2.05) is 17.8 Å². The van der Waals surface area contributed by atoms with Crippen molar-refractivity contribution >= 4 is 29.2 Å². The van der Waals surface area contributed by atoms with Crippen molar-refractivity contribution in [2.24, 2.45) is 5.92 Å². The van der Waals surface area contributed by atoms with E-state index >= 15 is 0 Å². The van der Waals surface area contributed by atoms with Gasteiger partial charge in [0.2, 0.25) is 5.95 Å². The van der Waals surface area contributed by atoms with Gasteiger partial charge in [-0.3, -0.25) is 9.58 Å². The van der Waals surface area contributed by atoms with Gasteiger partial charge in [-0.25, -0.2) is 24.5 Å². The predicted octanol–water partition coefficient (Wildman–Crippen LogP) is 3.84. The molecular weight excluding hydrogens is 572 g/mol. The summed E-state index contributed by atoms with van der Waals surface area (Å²) in [6.07, 6.45) is -3.69. The van der Waals surface area contributed by atoms with Crippen LogP contribution in [0, 0.1) is 12.8 Å². The highest BCUT2D eigenvalue weighted by atomic mass is 32.1. The molecule has 0 aromatic carbocycles. The standard InChI is InChI=1S/C18H23N7S.2C2HF3O2/c1-14-17(26-13-22-14)12-24-9-15(10-25-16(11-24)4-8-23-25)3-7-21-18-19-5-2-6-20-18;2*3-2(4,5)1(6)7/h2,4-6,8,13,15H,3,7,9-12H2,1H3,(H,19,20,21);2*(H,6,7). The molecule has 4 rings (SSSR count). The molecule has 3 aromatic heterocycles. The Morgan fingerprint density at radius 1 is 1.02 bits per heavy atom. The molecule has 0 spiro atoms. The summed E-state index contributed by atoms with van der Waals surface area (Å²) < 4.78 is 65.6. The van der Waals surface area contributed by atoms with E-state index in [1.54, 1.807) is 23.7 Å². The van der Waals surface area contributed by atoms with Gasteiger partial charge in [-0.2, -0.15) is 31.4 Å². The van der Waals surface area contributed by atoms with Crippen molar-refractivity contribution in [3.63, 3.8) is 0 Å². The van der Waals surface area contributed by atoms with Crippen LogP contribution in [0.5, 0.6) is 0 Å². The number of nitrogens with zero attached hydrogens (tertiary/aromatic N) is 6. The summed E-state index contributed by atoms with van der Waals surface area (Å²) in [6, 6.07) is 3.96. The SMILES string of the molecule is Cc1ncsc1CN1Cc2ccnn2CC(CCNc2ncccn2)C1.O=C(O)C(F)(F)F.O=C(O)C(F)(F)F. The average molecular weight is 598 g/mol. The Balaban J connectivity index is 0.000000333. The Kier molecular flexibility index (Phi) is 11.8. The maximum absolute atomic E-state index is 10.6. The minimum atomic E-state index is -5.08. The van der Waals surface area contributed by atoms with Crippen LogP contribution in [-0.2, 0) is 29.2 Å². The topological polar surface area (TPSA) is 146 Å². The number of thiazole rings is 1. The first-order chi connectivity index (χ1) is 18.7. The van der Waals surface area contributed by atoms with Crippen molar-refractivity contribution in [2.75, 3.05) is 18.4 Å². The largest absolute Gasteiger partial charge is 0.490 e. The molecule has 0 fully saturated rings. The van der Waals surface area contributed by atoms with Crippen molar-refractivity contribution in [3.05, 3.63) is 52.5 Å². The second-order valence-electron chi connectivity index (χ2n) is 8.29. The number of rotatable bonds is 6. The van der Waals surface area contributed by atoms with E-state index in [1.165, 1.54) is 10.6 Å². The molecule has 1 aliphatic heterocycles. The second-order valence-corrected chi connectivity index (χ2v) is 9.23. The number of aliphatic carboxylic acids is 2. The number of aryl methyl sites for hydroxylation is 1. The highest BCUT2D eigenvalue weighted by Gasteiger charge is 2.38. The molecule has 0 radical (unpaired) electrons. The van der Waals surface area contributed by atoms with Crippen LogP contribution in [0.1, 0.15) is 22.7 Å². The van der Waals surface area contributed by atoms with Crippen LogP contribution in [0.4, 0.5) is 32.3 Å². The molecule has 1 aliphatic rings. The zero-order valence-electron chi connectivity index (χ0n) is 20.9. The molecule has 0 amide bonds. The molecule has 3 aromatic rings. The lowest BCUT2D eigenvalue weighted by Gasteiger charge is -2.23. The number of nitrogens with one attached hydrogen (secondary N) is 1. The van der Waals surface area contributed by atoms with Crippen LogP contribution >= 0.6 is 11.3 Å². The van der Waals surface area contributed by atoms with Crippen molar-refractivity contribution in [2.45, 2.75) is 45.3 Å². The van der Waals surface area contributed by atoms with E-state index in [-0.39, 0.29) is 0 Å². The maximum Gasteiger partial charge on any atom is 0.490 e. The molecule has 1 atom stereocenters. The number of alkyl halides is 6. The summed E-state index contributed by atoms with van der Waals surface area (Å²) in [5, 5.41) is 22.1. The molecule has 18 heteroatoms. The van der Waals surface area contributed by atoms with Gasteiger partial charge in [0.05, 0.1) is 16.9 Å². The second kappa shape index (κ2) is 14.5. The van der Waals surface area contributed by atoms with E-state index in [0.29, 0.717) is 11.9 Å². The van der Waals surface area contributed by atoms with Gasteiger partial charge in [0, 0.05) is 56.2 Å². The number of halogens is 6. The number of anilines is 1. The van der Waals surface area contributed by atoms with E-state index < -0.39 is 24.3 Å². The monoisotopic (exact) mass is 597 g/mol. The number of carboxylic acid groups (broad SMARTS) is 2. The van der Waals surface area contributed by atoms with Gasteiger partial charge >= 0.3 is 24.3 Å². The lowest BCUT2D eigenvalue weighted by molar-refractivity contribution is -0.193. The zero-order valence-corrected chi connectivity index (χ0v) is 21.7. The van der Waals surface area contributed by atoms with E-state index in [0.717, 1.165) is 44.8 Å². The summed E-state index contributed by atoms with van der Waals surface area (Å²) in [5.41, 5.74) is 4.37. The smallest absolute Gasteiger partial charge is 0.475 e. The predicted molar refractivity (Wildman–Crippen MR) is 129 cm³/mol. The third-order valence-corrected chi connectivity index (χ3v) is 6.16. The summed E-state index contributed by atoms with van der Waals surface area (Å²) in [6.45, 7) is 6.85. The zero-order chi connectivity index (χ0) is 29.9. The third kappa shape index (κ3) is 11.1. The van der Waals surface area contributed by atoms with Gasteiger partial charge in [-0.1, -0.05) is 0 Å². The normalized spacial score (nSPS) is 15.4. The van der Waals surface area contributed by atoms with Crippen LogP contribution in [0.25, 0.3) is 0 Å². The number of carbonyl (C=O) groups is 2. The molecule has 220 valence electrons. The van der Waals surface area contributed by atoms with Crippen LogP contribution in [0.15, 0.2) is 36.2 Å². The molecule has 4 heterocycles. The van der Waals surface area contributed by atoms with Crippen molar-refractivity contribution in [3.8, 4) is 0 Å². The fraction of sp³-hybridized carbons (Fsp3) is 0.455.